The molecule has 1 heterocycles. The highest BCUT2D eigenvalue weighted by atomic mass is 35.5. The summed E-state index contributed by atoms with van der Waals surface area (Å²) in [5.41, 5.74) is 0.533. The van der Waals surface area contributed by atoms with Gasteiger partial charge in [-0.25, -0.2) is 9.97 Å². The minimum Gasteiger partial charge on any atom is -0.411 e. The summed E-state index contributed by atoms with van der Waals surface area (Å²) in [6, 6.07) is 0. The molecule has 1 aromatic heterocycles. The number of anilines is 1. The van der Waals surface area contributed by atoms with Gasteiger partial charge in [-0.05, 0) is 13.8 Å². The average molecular weight is 229 g/mol. The molecule has 82 valence electrons. The predicted molar refractivity (Wildman–Crippen MR) is 60.0 cm³/mol. The topological polar surface area (TPSA) is 61.6 Å². The van der Waals surface area contributed by atoms with Gasteiger partial charge in [-0.3, -0.25) is 0 Å². The van der Waals surface area contributed by atoms with Gasteiger partial charge in [0.05, 0.1) is 11.8 Å². The van der Waals surface area contributed by atoms with Gasteiger partial charge in [0.25, 0.3) is 0 Å². The summed E-state index contributed by atoms with van der Waals surface area (Å²) in [4.78, 5) is 9.97. The van der Waals surface area contributed by atoms with E-state index in [0.717, 1.165) is 13.1 Å². The second kappa shape index (κ2) is 5.50. The molecule has 0 atom stereocenters. The molecule has 1 rings (SSSR count). The van der Waals surface area contributed by atoms with Gasteiger partial charge in [0.2, 0.25) is 0 Å². The molecule has 0 fully saturated rings. The van der Waals surface area contributed by atoms with E-state index in [2.05, 4.69) is 15.1 Å². The highest BCUT2D eigenvalue weighted by Gasteiger charge is 2.12. The molecular weight excluding hydrogens is 216 g/mol. The molecule has 1 aromatic rings. The summed E-state index contributed by atoms with van der Waals surface area (Å²) in [5.74, 6) is 0.679. The lowest BCUT2D eigenvalue weighted by Gasteiger charge is -2.21. The van der Waals surface area contributed by atoms with Gasteiger partial charge in [-0.1, -0.05) is 16.8 Å². The Hall–Kier alpha value is -1.36. The zero-order valence-electron chi connectivity index (χ0n) is 8.68. The van der Waals surface area contributed by atoms with E-state index >= 15 is 0 Å². The largest absolute Gasteiger partial charge is 0.411 e. The van der Waals surface area contributed by atoms with Crippen molar-refractivity contribution in [3.8, 4) is 0 Å². The molecule has 5 nitrogen and oxygen atoms in total. The van der Waals surface area contributed by atoms with Crippen LogP contribution in [-0.4, -0.2) is 34.5 Å². The van der Waals surface area contributed by atoms with E-state index in [0.29, 0.717) is 11.4 Å². The molecule has 1 N–H and O–H groups in total. The summed E-state index contributed by atoms with van der Waals surface area (Å²) < 4.78 is 0. The minimum absolute atomic E-state index is 0.282. The van der Waals surface area contributed by atoms with E-state index < -0.39 is 0 Å². The number of nitrogens with zero attached hydrogens (tertiary/aromatic N) is 4. The Morgan fingerprint density at radius 3 is 2.67 bits per heavy atom. The fourth-order valence-electron chi connectivity index (χ4n) is 1.31. The lowest BCUT2D eigenvalue weighted by atomic mass is 10.3. The van der Waals surface area contributed by atoms with Gasteiger partial charge < -0.3 is 10.1 Å². The standard InChI is InChI=1S/C9H13ClN4O/c1-3-14(4-2)9-7(5-13-15)8(10)11-6-12-9/h5-6,15H,3-4H2,1-2H3. The van der Waals surface area contributed by atoms with Gasteiger partial charge >= 0.3 is 0 Å². The summed E-state index contributed by atoms with van der Waals surface area (Å²) in [6.07, 6.45) is 2.64. The lowest BCUT2D eigenvalue weighted by Crippen LogP contribution is -2.24. The minimum atomic E-state index is 0.282. The van der Waals surface area contributed by atoms with Gasteiger partial charge in [-0.2, -0.15) is 0 Å². The Kier molecular flexibility index (Phi) is 4.30. The second-order valence-electron chi connectivity index (χ2n) is 2.82. The van der Waals surface area contributed by atoms with Crippen molar-refractivity contribution in [2.45, 2.75) is 13.8 Å². The molecule has 0 radical (unpaired) electrons. The van der Waals surface area contributed by atoms with E-state index in [1.807, 2.05) is 18.7 Å². The smallest absolute Gasteiger partial charge is 0.143 e. The van der Waals surface area contributed by atoms with Crippen LogP contribution in [0.4, 0.5) is 5.82 Å². The monoisotopic (exact) mass is 228 g/mol. The first-order chi connectivity index (χ1) is 7.24. The Labute approximate surface area is 93.4 Å². The van der Waals surface area contributed by atoms with Crippen LogP contribution in [0.1, 0.15) is 19.4 Å². The maximum Gasteiger partial charge on any atom is 0.143 e. The van der Waals surface area contributed by atoms with Crippen molar-refractivity contribution in [2.24, 2.45) is 5.16 Å². The van der Waals surface area contributed by atoms with E-state index in [9.17, 15) is 0 Å². The molecule has 0 saturated heterocycles. The molecule has 0 bridgehead atoms. The molecule has 0 aliphatic heterocycles. The number of hydrogen-bond donors (Lipinski definition) is 1. The van der Waals surface area contributed by atoms with Crippen molar-refractivity contribution in [2.75, 3.05) is 18.0 Å². The number of rotatable bonds is 4. The Bertz CT molecular complexity index is 352. The zero-order valence-corrected chi connectivity index (χ0v) is 9.44. The number of oxime groups is 1. The first-order valence-electron chi connectivity index (χ1n) is 4.67. The first kappa shape index (κ1) is 11.7. The summed E-state index contributed by atoms with van der Waals surface area (Å²) in [5, 5.41) is 11.8. The van der Waals surface area contributed by atoms with E-state index in [1.165, 1.54) is 12.5 Å². The Morgan fingerprint density at radius 1 is 1.47 bits per heavy atom. The van der Waals surface area contributed by atoms with Crippen LogP contribution < -0.4 is 4.90 Å². The number of halogens is 1. The highest BCUT2D eigenvalue weighted by Crippen LogP contribution is 2.20. The predicted octanol–water partition coefficient (Wildman–Crippen LogP) is 1.78. The fourth-order valence-corrected chi connectivity index (χ4v) is 1.49. The van der Waals surface area contributed by atoms with Gasteiger partial charge in [-0.15, -0.1) is 0 Å². The summed E-state index contributed by atoms with van der Waals surface area (Å²) in [6.45, 7) is 5.63. The molecular formula is C9H13ClN4O. The zero-order chi connectivity index (χ0) is 11.3. The molecule has 0 spiro atoms. The van der Waals surface area contributed by atoms with Crippen molar-refractivity contribution in [1.82, 2.24) is 9.97 Å². The van der Waals surface area contributed by atoms with E-state index in [4.69, 9.17) is 16.8 Å². The van der Waals surface area contributed by atoms with Gasteiger partial charge in [0.15, 0.2) is 0 Å². The molecule has 15 heavy (non-hydrogen) atoms. The van der Waals surface area contributed by atoms with Crippen LogP contribution >= 0.6 is 11.6 Å². The number of aromatic nitrogens is 2. The molecule has 0 aliphatic rings. The maximum absolute atomic E-state index is 8.53. The third-order valence-corrected chi connectivity index (χ3v) is 2.37. The Balaban J connectivity index is 3.20. The van der Waals surface area contributed by atoms with Crippen LogP contribution in [0, 0.1) is 0 Å². The fraction of sp³-hybridized carbons (Fsp3) is 0.444. The van der Waals surface area contributed by atoms with Gasteiger partial charge in [0.1, 0.15) is 17.3 Å². The quantitative estimate of drug-likeness (QED) is 0.369. The van der Waals surface area contributed by atoms with Crippen molar-refractivity contribution in [1.29, 1.82) is 0 Å². The van der Waals surface area contributed by atoms with E-state index in [-0.39, 0.29) is 5.15 Å². The van der Waals surface area contributed by atoms with Crippen LogP contribution in [0.15, 0.2) is 11.5 Å². The molecule has 0 aromatic carbocycles. The highest BCUT2D eigenvalue weighted by molar-refractivity contribution is 6.32. The molecule has 6 heteroatoms. The van der Waals surface area contributed by atoms with Crippen LogP contribution in [0.5, 0.6) is 0 Å². The second-order valence-corrected chi connectivity index (χ2v) is 3.18. The van der Waals surface area contributed by atoms with Crippen LogP contribution in [0.2, 0.25) is 5.15 Å². The van der Waals surface area contributed by atoms with Crippen molar-refractivity contribution < 1.29 is 5.21 Å². The lowest BCUT2D eigenvalue weighted by molar-refractivity contribution is 0.322. The first-order valence-corrected chi connectivity index (χ1v) is 5.05. The van der Waals surface area contributed by atoms with Crippen LogP contribution in [-0.2, 0) is 0 Å². The third kappa shape index (κ3) is 2.56. The molecule has 0 amide bonds. The van der Waals surface area contributed by atoms with Crippen molar-refractivity contribution in [3.63, 3.8) is 0 Å². The Morgan fingerprint density at radius 2 is 2.13 bits per heavy atom. The van der Waals surface area contributed by atoms with E-state index in [1.54, 1.807) is 0 Å². The SMILES string of the molecule is CCN(CC)c1ncnc(Cl)c1C=NO. The normalized spacial score (nSPS) is 10.9. The maximum atomic E-state index is 8.53. The van der Waals surface area contributed by atoms with Crippen LogP contribution in [0.3, 0.4) is 0 Å². The molecule has 0 aliphatic carbocycles. The molecule has 0 saturated carbocycles. The van der Waals surface area contributed by atoms with Crippen molar-refractivity contribution in [3.05, 3.63) is 17.0 Å². The summed E-state index contributed by atoms with van der Waals surface area (Å²) >= 11 is 5.89. The summed E-state index contributed by atoms with van der Waals surface area (Å²) in [7, 11) is 0. The van der Waals surface area contributed by atoms with Crippen molar-refractivity contribution >= 4 is 23.6 Å². The number of hydrogen-bond acceptors (Lipinski definition) is 5. The third-order valence-electron chi connectivity index (χ3n) is 2.06. The van der Waals surface area contributed by atoms with Gasteiger partial charge in [0, 0.05) is 13.1 Å². The average Bonchev–Trinajstić information content (AvgIpc) is 2.24. The van der Waals surface area contributed by atoms with Crippen LogP contribution in [0.25, 0.3) is 0 Å². The molecule has 0 unspecified atom stereocenters.